The molecule has 0 aliphatic heterocycles. The van der Waals surface area contributed by atoms with Crippen molar-refractivity contribution in [1.29, 1.82) is 0 Å². The fraction of sp³-hybridized carbons (Fsp3) is 0.381. The van der Waals surface area contributed by atoms with E-state index >= 15 is 0 Å². The number of hydrogen-bond acceptors (Lipinski definition) is 5. The quantitative estimate of drug-likeness (QED) is 0.551. The molecule has 0 unspecified atom stereocenters. The van der Waals surface area contributed by atoms with Crippen molar-refractivity contribution >= 4 is 17.5 Å². The number of nitrogens with zero attached hydrogens (tertiary/aromatic N) is 1. The van der Waals surface area contributed by atoms with E-state index in [-0.39, 0.29) is 17.2 Å². The first-order valence-corrected chi connectivity index (χ1v) is 9.54. The summed E-state index contributed by atoms with van der Waals surface area (Å²) in [6.07, 6.45) is 2.80. The molecule has 0 bridgehead atoms. The molecule has 154 valence electrons. The van der Waals surface area contributed by atoms with Crippen LogP contribution in [-0.2, 0) is 11.2 Å². The van der Waals surface area contributed by atoms with E-state index in [1.54, 1.807) is 20.1 Å². The van der Waals surface area contributed by atoms with E-state index in [0.29, 0.717) is 49.4 Å². The Morgan fingerprint density at radius 1 is 1.24 bits per heavy atom. The molecule has 0 fully saturated rings. The van der Waals surface area contributed by atoms with E-state index in [9.17, 15) is 14.0 Å². The van der Waals surface area contributed by atoms with Crippen LogP contribution in [0.25, 0.3) is 0 Å². The Balaban J connectivity index is 1.77. The van der Waals surface area contributed by atoms with Gasteiger partial charge in [0, 0.05) is 37.8 Å². The molecule has 7 nitrogen and oxygen atoms in total. The molecule has 1 aliphatic rings. The van der Waals surface area contributed by atoms with Gasteiger partial charge in [-0.05, 0) is 38.3 Å². The summed E-state index contributed by atoms with van der Waals surface area (Å²) in [5.41, 5.74) is 4.39. The van der Waals surface area contributed by atoms with Crippen molar-refractivity contribution in [3.63, 3.8) is 0 Å². The van der Waals surface area contributed by atoms with Crippen LogP contribution in [0.15, 0.2) is 33.8 Å². The fourth-order valence-corrected chi connectivity index (χ4v) is 3.32. The number of nitrogens with one attached hydrogen (secondary N) is 2. The maximum atomic E-state index is 13.8. The highest BCUT2D eigenvalue weighted by atomic mass is 19.1. The standard InChI is InChI=1S/C21H24FN3O4/c1-13-18-16(24-25-20(26)14-7-3-4-8-15(14)22)9-5-10-17(18)29-19(13)21(27)23-11-6-12-28-2/h3-4,7-8H,5-6,9-12H2,1-2H3,(H,23,27)(H,25,26)/b24-16+. The number of carbonyl (C=O) groups is 2. The number of halogens is 1. The number of furan rings is 1. The van der Waals surface area contributed by atoms with E-state index in [4.69, 9.17) is 9.15 Å². The summed E-state index contributed by atoms with van der Waals surface area (Å²) in [4.78, 5) is 24.7. The molecule has 2 N–H and O–H groups in total. The van der Waals surface area contributed by atoms with Crippen molar-refractivity contribution < 1.29 is 23.1 Å². The molecule has 2 aromatic rings. The number of rotatable bonds is 7. The highest BCUT2D eigenvalue weighted by Crippen LogP contribution is 2.29. The van der Waals surface area contributed by atoms with E-state index in [0.717, 1.165) is 12.0 Å². The molecular weight excluding hydrogens is 377 g/mol. The second-order valence-corrected chi connectivity index (χ2v) is 6.79. The van der Waals surface area contributed by atoms with Gasteiger partial charge in [-0.15, -0.1) is 0 Å². The third-order valence-corrected chi connectivity index (χ3v) is 4.75. The molecule has 0 atom stereocenters. The summed E-state index contributed by atoms with van der Waals surface area (Å²) >= 11 is 0. The lowest BCUT2D eigenvalue weighted by molar-refractivity contribution is 0.0916. The lowest BCUT2D eigenvalue weighted by Gasteiger charge is -2.13. The Labute approximate surface area is 168 Å². The van der Waals surface area contributed by atoms with Crippen molar-refractivity contribution in [2.24, 2.45) is 5.10 Å². The van der Waals surface area contributed by atoms with Gasteiger partial charge in [-0.3, -0.25) is 9.59 Å². The summed E-state index contributed by atoms with van der Waals surface area (Å²) in [7, 11) is 1.61. The highest BCUT2D eigenvalue weighted by Gasteiger charge is 2.28. The number of benzene rings is 1. The van der Waals surface area contributed by atoms with Gasteiger partial charge in [0.2, 0.25) is 0 Å². The average molecular weight is 401 g/mol. The normalized spacial score (nSPS) is 14.5. The Morgan fingerprint density at radius 2 is 2.03 bits per heavy atom. The maximum Gasteiger partial charge on any atom is 0.287 e. The first kappa shape index (κ1) is 20.7. The van der Waals surface area contributed by atoms with Crippen LogP contribution in [0.3, 0.4) is 0 Å². The molecule has 1 aliphatic carbocycles. The number of fused-ring (bicyclic) bond motifs is 1. The minimum Gasteiger partial charge on any atom is -0.455 e. The zero-order valence-corrected chi connectivity index (χ0v) is 16.5. The largest absolute Gasteiger partial charge is 0.455 e. The molecule has 1 heterocycles. The number of carbonyl (C=O) groups excluding carboxylic acids is 2. The Hall–Kier alpha value is -3.00. The molecule has 1 aromatic carbocycles. The van der Waals surface area contributed by atoms with E-state index in [2.05, 4.69) is 15.8 Å². The molecule has 3 rings (SSSR count). The minimum absolute atomic E-state index is 0.0760. The van der Waals surface area contributed by atoms with Crippen molar-refractivity contribution in [3.05, 3.63) is 58.3 Å². The van der Waals surface area contributed by atoms with Crippen LogP contribution in [0.2, 0.25) is 0 Å². The first-order chi connectivity index (χ1) is 14.0. The molecule has 0 spiro atoms. The van der Waals surface area contributed by atoms with Gasteiger partial charge >= 0.3 is 0 Å². The van der Waals surface area contributed by atoms with Crippen LogP contribution in [0, 0.1) is 12.7 Å². The third-order valence-electron chi connectivity index (χ3n) is 4.75. The van der Waals surface area contributed by atoms with Crippen LogP contribution in [0.1, 0.15) is 57.1 Å². The molecule has 29 heavy (non-hydrogen) atoms. The van der Waals surface area contributed by atoms with Gasteiger partial charge in [-0.1, -0.05) is 12.1 Å². The van der Waals surface area contributed by atoms with Crippen LogP contribution < -0.4 is 10.7 Å². The van der Waals surface area contributed by atoms with Gasteiger partial charge < -0.3 is 14.5 Å². The maximum absolute atomic E-state index is 13.8. The van der Waals surface area contributed by atoms with E-state index in [1.807, 2.05) is 0 Å². The minimum atomic E-state index is -0.625. The highest BCUT2D eigenvalue weighted by molar-refractivity contribution is 6.07. The van der Waals surface area contributed by atoms with E-state index < -0.39 is 11.7 Å². The third kappa shape index (κ3) is 4.71. The van der Waals surface area contributed by atoms with Gasteiger partial charge in [0.05, 0.1) is 11.3 Å². The molecule has 8 heteroatoms. The number of aryl methyl sites for hydroxylation is 1. The monoisotopic (exact) mass is 401 g/mol. The number of hydrogen-bond donors (Lipinski definition) is 2. The van der Waals surface area contributed by atoms with Crippen LogP contribution in [0.5, 0.6) is 0 Å². The van der Waals surface area contributed by atoms with Crippen LogP contribution >= 0.6 is 0 Å². The lowest BCUT2D eigenvalue weighted by Crippen LogP contribution is -2.25. The number of hydrazone groups is 1. The average Bonchev–Trinajstić information content (AvgIpc) is 3.07. The van der Waals surface area contributed by atoms with Gasteiger partial charge in [0.1, 0.15) is 11.6 Å². The predicted octanol–water partition coefficient (Wildman–Crippen LogP) is 2.96. The van der Waals surface area contributed by atoms with Gasteiger partial charge in [-0.2, -0.15) is 5.10 Å². The smallest absolute Gasteiger partial charge is 0.287 e. The number of methoxy groups -OCH3 is 1. The van der Waals surface area contributed by atoms with Gasteiger partial charge in [0.25, 0.3) is 11.8 Å². The second-order valence-electron chi connectivity index (χ2n) is 6.79. The SMILES string of the molecule is COCCCNC(=O)c1oc2c(c1C)/C(=N/NC(=O)c1ccccc1F)CCC2. The topological polar surface area (TPSA) is 92.9 Å². The molecule has 1 aromatic heterocycles. The molecular formula is C21H24FN3O4. The lowest BCUT2D eigenvalue weighted by atomic mass is 9.93. The zero-order chi connectivity index (χ0) is 20.8. The van der Waals surface area contributed by atoms with Gasteiger partial charge in [-0.25, -0.2) is 9.82 Å². The molecule has 0 saturated heterocycles. The Kier molecular flexibility index (Phi) is 6.77. The Bertz CT molecular complexity index is 936. The van der Waals surface area contributed by atoms with Crippen molar-refractivity contribution in [2.75, 3.05) is 20.3 Å². The predicted molar refractivity (Wildman–Crippen MR) is 106 cm³/mol. The summed E-state index contributed by atoms with van der Waals surface area (Å²) < 4.78 is 24.5. The second kappa shape index (κ2) is 9.47. The molecule has 0 radical (unpaired) electrons. The van der Waals surface area contributed by atoms with Crippen molar-refractivity contribution in [1.82, 2.24) is 10.7 Å². The number of ether oxygens (including phenoxy) is 1. The summed E-state index contributed by atoms with van der Waals surface area (Å²) in [6, 6.07) is 5.72. The van der Waals surface area contributed by atoms with Crippen molar-refractivity contribution in [2.45, 2.75) is 32.6 Å². The first-order valence-electron chi connectivity index (χ1n) is 9.54. The number of amides is 2. The zero-order valence-electron chi connectivity index (χ0n) is 16.5. The summed E-state index contributed by atoms with van der Waals surface area (Å²) in [6.45, 7) is 2.84. The van der Waals surface area contributed by atoms with Gasteiger partial charge in [0.15, 0.2) is 5.76 Å². The van der Waals surface area contributed by atoms with E-state index in [1.165, 1.54) is 18.2 Å². The molecule has 2 amide bonds. The van der Waals surface area contributed by atoms with Crippen molar-refractivity contribution in [3.8, 4) is 0 Å². The molecule has 0 saturated carbocycles. The summed E-state index contributed by atoms with van der Waals surface area (Å²) in [5.74, 6) is -0.596. The fourth-order valence-electron chi connectivity index (χ4n) is 3.32. The van der Waals surface area contributed by atoms with Crippen LogP contribution in [0.4, 0.5) is 4.39 Å². The van der Waals surface area contributed by atoms with Crippen LogP contribution in [-0.4, -0.2) is 37.8 Å². The summed E-state index contributed by atoms with van der Waals surface area (Å²) in [5, 5.41) is 7.02. The Morgan fingerprint density at radius 3 is 2.79 bits per heavy atom.